The van der Waals surface area contributed by atoms with Crippen LogP contribution in [0.3, 0.4) is 0 Å². The molecule has 0 aliphatic carbocycles. The summed E-state index contributed by atoms with van der Waals surface area (Å²) in [7, 11) is -4.81. The van der Waals surface area contributed by atoms with Crippen LogP contribution in [-0.4, -0.2) is 113 Å². The van der Waals surface area contributed by atoms with Crippen LogP contribution in [0.4, 0.5) is 5.82 Å². The van der Waals surface area contributed by atoms with Gasteiger partial charge in [-0.15, -0.1) is 0 Å². The Balaban J connectivity index is 1.35. The molecule has 2 saturated heterocycles. The molecule has 2 aromatic heterocycles. The molecule has 0 bridgehead atoms. The van der Waals surface area contributed by atoms with E-state index in [1.54, 1.807) is 0 Å². The number of phosphoric acid groups is 1. The molecule has 2 aromatic rings. The second-order valence-electron chi connectivity index (χ2n) is 7.78. The molecule has 4 rings (SSSR count). The molecule has 10 atom stereocenters. The van der Waals surface area contributed by atoms with E-state index in [-0.39, 0.29) is 5.82 Å². The Bertz CT molecular complexity index is 1060. The third-order valence-corrected chi connectivity index (χ3v) is 6.51. The van der Waals surface area contributed by atoms with Crippen LogP contribution >= 0.6 is 7.82 Å². The van der Waals surface area contributed by atoms with Crippen molar-refractivity contribution in [2.75, 3.05) is 18.9 Å². The number of hydrogen-bond acceptors (Lipinski definition) is 14. The first-order chi connectivity index (χ1) is 16.0. The SMILES string of the molecule is Nc1c2[nH]cnc2nc[n+]1[C@@H]1OC(COP(=O)(O)OC[C@H]2O[C@H](O)[C@H](O)[C@@H](O)[C@@H]2O)[C@@H](O)[C@@H]1O. The van der Waals surface area contributed by atoms with Crippen LogP contribution < -0.4 is 10.3 Å². The zero-order valence-electron chi connectivity index (χ0n) is 17.3. The van der Waals surface area contributed by atoms with E-state index in [1.165, 1.54) is 17.2 Å². The molecule has 2 aliphatic rings. The van der Waals surface area contributed by atoms with Crippen LogP contribution in [0.5, 0.6) is 0 Å². The van der Waals surface area contributed by atoms with Crippen LogP contribution in [0, 0.1) is 0 Å². The number of phosphoric ester groups is 1. The minimum atomic E-state index is -4.81. The van der Waals surface area contributed by atoms with Crippen molar-refractivity contribution < 1.29 is 63.2 Å². The highest BCUT2D eigenvalue weighted by Gasteiger charge is 2.48. The second kappa shape index (κ2) is 9.65. The summed E-state index contributed by atoms with van der Waals surface area (Å²) in [5.41, 5.74) is 6.74. The van der Waals surface area contributed by atoms with Crippen molar-refractivity contribution in [2.24, 2.45) is 0 Å². The molecule has 4 heterocycles. The fraction of sp³-hybridized carbons (Fsp3) is 0.688. The number of nitrogens with one attached hydrogen (secondary N) is 1. The van der Waals surface area contributed by atoms with E-state index in [0.29, 0.717) is 11.2 Å². The minimum Gasteiger partial charge on any atom is -0.387 e. The summed E-state index contributed by atoms with van der Waals surface area (Å²) in [6.07, 6.45) is -11.5. The number of H-pyrrole nitrogens is 1. The number of nitrogens with two attached hydrogens (primary N) is 1. The van der Waals surface area contributed by atoms with Gasteiger partial charge in [-0.3, -0.25) is 9.05 Å². The third-order valence-electron chi connectivity index (χ3n) is 5.56. The van der Waals surface area contributed by atoms with Crippen molar-refractivity contribution >= 4 is 24.8 Å². The maximum atomic E-state index is 12.2. The zero-order chi connectivity index (χ0) is 24.8. The number of aromatic nitrogens is 4. The van der Waals surface area contributed by atoms with Gasteiger partial charge in [-0.1, -0.05) is 4.98 Å². The van der Waals surface area contributed by atoms with E-state index in [2.05, 4.69) is 15.0 Å². The van der Waals surface area contributed by atoms with E-state index >= 15 is 0 Å². The number of aliphatic hydroxyl groups is 6. The van der Waals surface area contributed by atoms with Crippen molar-refractivity contribution in [3.63, 3.8) is 0 Å². The lowest BCUT2D eigenvalue weighted by Gasteiger charge is -2.38. The Morgan fingerprint density at radius 3 is 2.26 bits per heavy atom. The van der Waals surface area contributed by atoms with Crippen LogP contribution in [0.2, 0.25) is 0 Å². The highest BCUT2D eigenvalue weighted by atomic mass is 31.2. The lowest BCUT2D eigenvalue weighted by Crippen LogP contribution is -2.58. The summed E-state index contributed by atoms with van der Waals surface area (Å²) in [4.78, 5) is 20.7. The van der Waals surface area contributed by atoms with Gasteiger partial charge in [0, 0.05) is 0 Å². The lowest BCUT2D eigenvalue weighted by molar-refractivity contribution is -0.754. The maximum absolute atomic E-state index is 12.2. The van der Waals surface area contributed by atoms with E-state index < -0.39 is 76.3 Å². The van der Waals surface area contributed by atoms with Gasteiger partial charge < -0.3 is 55.7 Å². The van der Waals surface area contributed by atoms with Crippen molar-refractivity contribution in [3.05, 3.63) is 12.7 Å². The average Bonchev–Trinajstić information content (AvgIpc) is 3.39. The lowest BCUT2D eigenvalue weighted by atomic mass is 10.00. The number of rotatable bonds is 7. The zero-order valence-corrected chi connectivity index (χ0v) is 18.2. The van der Waals surface area contributed by atoms with Crippen molar-refractivity contribution in [1.29, 1.82) is 0 Å². The molecule has 0 aromatic carbocycles. The predicted molar refractivity (Wildman–Crippen MR) is 105 cm³/mol. The monoisotopic (exact) mass is 510 g/mol. The molecule has 2 fully saturated rings. The normalized spacial score (nSPS) is 38.3. The van der Waals surface area contributed by atoms with E-state index in [1.807, 2.05) is 0 Å². The molecule has 0 spiro atoms. The Labute approximate surface area is 190 Å². The summed E-state index contributed by atoms with van der Waals surface area (Å²) >= 11 is 0. The van der Waals surface area contributed by atoms with Gasteiger partial charge >= 0.3 is 7.82 Å². The second-order valence-corrected chi connectivity index (χ2v) is 9.23. The van der Waals surface area contributed by atoms with E-state index in [0.717, 1.165) is 0 Å². The Morgan fingerprint density at radius 2 is 1.59 bits per heavy atom. The number of aromatic amines is 1. The van der Waals surface area contributed by atoms with Gasteiger partial charge in [0.25, 0.3) is 11.5 Å². The Morgan fingerprint density at radius 1 is 0.971 bits per heavy atom. The van der Waals surface area contributed by atoms with E-state index in [4.69, 9.17) is 24.3 Å². The van der Waals surface area contributed by atoms with Gasteiger partial charge in [0.1, 0.15) is 42.7 Å². The standard InChI is InChI=1S/C16H24N5O12P/c17-13-7-14(19-3-18-7)20-4-21(13)15-11(25)9(23)5(32-15)1-30-34(28,29)31-2-6-8(22)10(24)12(26)16(27)33-6/h3-6,8-12,15-16,22-27H,1-2H2,(H3,17,18,19,28,29)/p+1/t5?,6-,8-,9-,10+,11+,12-,15-,16+/m1/s1. The third kappa shape index (κ3) is 4.78. The number of fused-ring (bicyclic) bond motifs is 1. The predicted octanol–water partition coefficient (Wildman–Crippen LogP) is -4.62. The van der Waals surface area contributed by atoms with Crippen LogP contribution in [-0.2, 0) is 23.1 Å². The first kappa shape index (κ1) is 25.2. The molecule has 18 heteroatoms. The number of ether oxygens (including phenoxy) is 2. The molecule has 0 amide bonds. The number of nitrogens with zero attached hydrogens (tertiary/aromatic N) is 3. The first-order valence-corrected chi connectivity index (χ1v) is 11.5. The Hall–Kier alpha value is -1.86. The Kier molecular flexibility index (Phi) is 7.16. The van der Waals surface area contributed by atoms with E-state index in [9.17, 15) is 40.1 Å². The molecule has 10 N–H and O–H groups in total. The quantitative estimate of drug-likeness (QED) is 0.125. The van der Waals surface area contributed by atoms with Crippen molar-refractivity contribution in [2.45, 2.75) is 55.2 Å². The summed E-state index contributed by atoms with van der Waals surface area (Å²) in [5.74, 6) is 0.108. The molecular formula is C16H25N5O12P+. The maximum Gasteiger partial charge on any atom is 0.472 e. The number of anilines is 1. The largest absolute Gasteiger partial charge is 0.472 e. The molecule has 0 saturated carbocycles. The van der Waals surface area contributed by atoms with Gasteiger partial charge in [-0.05, 0) is 0 Å². The van der Waals surface area contributed by atoms with Gasteiger partial charge in [0.15, 0.2) is 11.8 Å². The average molecular weight is 510 g/mol. The molecular weight excluding hydrogens is 485 g/mol. The molecule has 190 valence electrons. The van der Waals surface area contributed by atoms with Gasteiger partial charge in [0.05, 0.1) is 19.5 Å². The summed E-state index contributed by atoms with van der Waals surface area (Å²) in [6.45, 7) is -1.49. The minimum absolute atomic E-state index is 0.108. The number of imidazole rings is 1. The van der Waals surface area contributed by atoms with Crippen LogP contribution in [0.15, 0.2) is 12.7 Å². The molecule has 2 aliphatic heterocycles. The van der Waals surface area contributed by atoms with Crippen LogP contribution in [0.1, 0.15) is 6.23 Å². The fourth-order valence-corrected chi connectivity index (χ4v) is 4.37. The topological polar surface area (TPSA) is 267 Å². The highest BCUT2D eigenvalue weighted by Crippen LogP contribution is 2.44. The summed E-state index contributed by atoms with van der Waals surface area (Å²) < 4.78 is 33.4. The highest BCUT2D eigenvalue weighted by molar-refractivity contribution is 7.47. The molecule has 2 unspecified atom stereocenters. The van der Waals surface area contributed by atoms with Gasteiger partial charge in [-0.2, -0.15) is 0 Å². The number of aliphatic hydroxyl groups excluding tert-OH is 6. The number of nitrogen functional groups attached to an aromatic ring is 1. The van der Waals surface area contributed by atoms with Crippen molar-refractivity contribution in [3.8, 4) is 0 Å². The fourth-order valence-electron chi connectivity index (χ4n) is 3.62. The number of hydrogen-bond donors (Lipinski definition) is 9. The molecule has 17 nitrogen and oxygen atoms in total. The van der Waals surface area contributed by atoms with Gasteiger partial charge in [0.2, 0.25) is 12.6 Å². The summed E-state index contributed by atoms with van der Waals surface area (Å²) in [6, 6.07) is 0. The smallest absolute Gasteiger partial charge is 0.387 e. The van der Waals surface area contributed by atoms with Gasteiger partial charge in [-0.25, -0.2) is 14.1 Å². The van der Waals surface area contributed by atoms with Crippen molar-refractivity contribution in [1.82, 2.24) is 15.0 Å². The first-order valence-electron chi connectivity index (χ1n) is 10.00. The van der Waals surface area contributed by atoms with Crippen LogP contribution in [0.25, 0.3) is 11.2 Å². The summed E-state index contributed by atoms with van der Waals surface area (Å²) in [5, 5.41) is 59.2. The molecule has 34 heavy (non-hydrogen) atoms. The molecule has 0 radical (unpaired) electrons.